The van der Waals surface area contributed by atoms with E-state index >= 15 is 0 Å². The summed E-state index contributed by atoms with van der Waals surface area (Å²) in [7, 11) is 0. The average Bonchev–Trinajstić information content (AvgIpc) is 2.77. The third kappa shape index (κ3) is 2.43. The van der Waals surface area contributed by atoms with E-state index in [2.05, 4.69) is 38.0 Å². The minimum atomic E-state index is -0.601. The quantitative estimate of drug-likeness (QED) is 0.651. The Labute approximate surface area is 123 Å². The zero-order valence-corrected chi connectivity index (χ0v) is 12.6. The molecule has 1 amide bonds. The van der Waals surface area contributed by atoms with Crippen molar-refractivity contribution in [2.24, 2.45) is 16.7 Å². The highest BCUT2D eigenvalue weighted by Gasteiger charge is 2.64. The molecule has 0 aliphatic heterocycles. The van der Waals surface area contributed by atoms with Crippen molar-refractivity contribution in [2.75, 3.05) is 12.3 Å². The molecule has 0 unspecified atom stereocenters. The van der Waals surface area contributed by atoms with E-state index < -0.39 is 10.8 Å². The molecule has 114 valence electrons. The Morgan fingerprint density at radius 2 is 2.00 bits per heavy atom. The van der Waals surface area contributed by atoms with E-state index in [-0.39, 0.29) is 27.9 Å². The molecule has 1 aliphatic carbocycles. The van der Waals surface area contributed by atoms with Crippen LogP contribution in [-0.4, -0.2) is 22.4 Å². The number of nitrogens with one attached hydrogen (secondary N) is 1. The lowest BCUT2D eigenvalue weighted by atomic mass is 10.0. The summed E-state index contributed by atoms with van der Waals surface area (Å²) in [5.41, 5.74) is 5.74. The number of amides is 1. The number of carbonyl (C=O) groups excluding carboxylic acids is 1. The van der Waals surface area contributed by atoms with Gasteiger partial charge in [0.1, 0.15) is 12.0 Å². The van der Waals surface area contributed by atoms with Crippen molar-refractivity contribution in [1.82, 2.24) is 10.3 Å². The van der Waals surface area contributed by atoms with Crippen LogP contribution in [0.2, 0.25) is 0 Å². The first kappa shape index (κ1) is 15.2. The Morgan fingerprint density at radius 3 is 2.48 bits per heavy atom. The van der Waals surface area contributed by atoms with Crippen LogP contribution in [0.4, 0.5) is 11.5 Å². The van der Waals surface area contributed by atoms with Gasteiger partial charge >= 0.3 is 0 Å². The molecule has 0 atom stereocenters. The molecule has 3 N–H and O–H groups in total. The van der Waals surface area contributed by atoms with Crippen LogP contribution in [-0.2, 0) is 0 Å². The second-order valence-corrected chi connectivity index (χ2v) is 6.59. The Morgan fingerprint density at radius 1 is 1.43 bits per heavy atom. The van der Waals surface area contributed by atoms with Crippen molar-refractivity contribution < 1.29 is 9.72 Å². The number of anilines is 1. The van der Waals surface area contributed by atoms with Gasteiger partial charge in [-0.25, -0.2) is 4.98 Å². The van der Waals surface area contributed by atoms with Crippen molar-refractivity contribution >= 4 is 17.4 Å². The van der Waals surface area contributed by atoms with Gasteiger partial charge in [-0.1, -0.05) is 27.7 Å². The predicted molar refractivity (Wildman–Crippen MR) is 78.7 cm³/mol. The highest BCUT2D eigenvalue weighted by molar-refractivity contribution is 5.98. The molecule has 7 nitrogen and oxygen atoms in total. The molecule has 7 heteroatoms. The lowest BCUT2D eigenvalue weighted by molar-refractivity contribution is -0.385. The highest BCUT2D eigenvalue weighted by Crippen LogP contribution is 2.67. The standard InChI is InChI=1S/C14H20N4O3/c1-13(2)10(14(13,3)4)7-17-12(19)9-5-8(18(20)21)6-16-11(9)15/h5-6,10H,7H2,1-4H3,(H2,15,16)(H,17,19). The molecule has 1 heterocycles. The van der Waals surface area contributed by atoms with E-state index in [1.54, 1.807) is 0 Å². The van der Waals surface area contributed by atoms with E-state index in [0.717, 1.165) is 12.3 Å². The Balaban J connectivity index is 2.08. The van der Waals surface area contributed by atoms with Crippen LogP contribution >= 0.6 is 0 Å². The van der Waals surface area contributed by atoms with Crippen LogP contribution in [0, 0.1) is 26.9 Å². The van der Waals surface area contributed by atoms with Crippen LogP contribution in [0.3, 0.4) is 0 Å². The normalized spacial score (nSPS) is 19.0. The SMILES string of the molecule is CC1(C)C(CNC(=O)c2cc([N+](=O)[O-])cnc2N)C1(C)C. The molecule has 0 aromatic carbocycles. The molecule has 1 saturated carbocycles. The third-order valence-corrected chi connectivity index (χ3v) is 5.15. The average molecular weight is 292 g/mol. The number of nitro groups is 1. The summed E-state index contributed by atoms with van der Waals surface area (Å²) in [4.78, 5) is 26.0. The summed E-state index contributed by atoms with van der Waals surface area (Å²) in [6.45, 7) is 9.15. The van der Waals surface area contributed by atoms with E-state index in [1.807, 2.05) is 0 Å². The van der Waals surface area contributed by atoms with Gasteiger partial charge in [-0.15, -0.1) is 0 Å². The fourth-order valence-corrected chi connectivity index (χ4v) is 2.88. The zero-order chi connectivity index (χ0) is 16.0. The monoisotopic (exact) mass is 292 g/mol. The number of hydrogen-bond donors (Lipinski definition) is 2. The largest absolute Gasteiger partial charge is 0.383 e. The van der Waals surface area contributed by atoms with Gasteiger partial charge in [0.2, 0.25) is 0 Å². The minimum absolute atomic E-state index is 0.00702. The maximum absolute atomic E-state index is 12.1. The second-order valence-electron chi connectivity index (χ2n) is 6.59. The molecule has 0 saturated heterocycles. The summed E-state index contributed by atoms with van der Waals surface area (Å²) in [6.07, 6.45) is 1.04. The molecular formula is C14H20N4O3. The van der Waals surface area contributed by atoms with Crippen LogP contribution < -0.4 is 11.1 Å². The van der Waals surface area contributed by atoms with E-state index in [9.17, 15) is 14.9 Å². The van der Waals surface area contributed by atoms with Crippen molar-refractivity contribution in [3.8, 4) is 0 Å². The molecule has 21 heavy (non-hydrogen) atoms. The van der Waals surface area contributed by atoms with Gasteiger partial charge in [0.05, 0.1) is 10.5 Å². The summed E-state index contributed by atoms with van der Waals surface area (Å²) >= 11 is 0. The van der Waals surface area contributed by atoms with Gasteiger partial charge in [-0.3, -0.25) is 14.9 Å². The van der Waals surface area contributed by atoms with Crippen molar-refractivity contribution in [3.63, 3.8) is 0 Å². The van der Waals surface area contributed by atoms with Gasteiger partial charge in [0.15, 0.2) is 0 Å². The fourth-order valence-electron chi connectivity index (χ4n) is 2.88. The molecule has 0 spiro atoms. The number of nitrogens with two attached hydrogens (primary N) is 1. The van der Waals surface area contributed by atoms with Crippen LogP contribution in [0.25, 0.3) is 0 Å². The van der Waals surface area contributed by atoms with Crippen molar-refractivity contribution in [3.05, 3.63) is 27.9 Å². The molecule has 2 rings (SSSR count). The van der Waals surface area contributed by atoms with Gasteiger partial charge in [-0.2, -0.15) is 0 Å². The zero-order valence-electron chi connectivity index (χ0n) is 12.6. The maximum atomic E-state index is 12.1. The lowest BCUT2D eigenvalue weighted by Crippen LogP contribution is -2.28. The molecular weight excluding hydrogens is 272 g/mol. The number of pyridine rings is 1. The molecule has 1 aromatic rings. The summed E-state index contributed by atoms with van der Waals surface area (Å²) in [5, 5.41) is 13.5. The van der Waals surface area contributed by atoms with E-state index in [1.165, 1.54) is 0 Å². The Hall–Kier alpha value is -2.18. The summed E-state index contributed by atoms with van der Waals surface area (Å²) < 4.78 is 0. The molecule has 1 aliphatic rings. The minimum Gasteiger partial charge on any atom is -0.383 e. The molecule has 1 fully saturated rings. The summed E-state index contributed by atoms with van der Waals surface area (Å²) in [6, 6.07) is 1.15. The lowest BCUT2D eigenvalue weighted by Gasteiger charge is -2.08. The number of nitrogens with zero attached hydrogens (tertiary/aromatic N) is 2. The molecule has 0 bridgehead atoms. The van der Waals surface area contributed by atoms with E-state index in [0.29, 0.717) is 12.5 Å². The van der Waals surface area contributed by atoms with Gasteiger partial charge < -0.3 is 11.1 Å². The van der Waals surface area contributed by atoms with Crippen LogP contribution in [0.15, 0.2) is 12.3 Å². The molecule has 0 radical (unpaired) electrons. The Bertz CT molecular complexity index is 596. The topological polar surface area (TPSA) is 111 Å². The number of rotatable bonds is 4. The number of aromatic nitrogens is 1. The first-order valence-electron chi connectivity index (χ1n) is 6.77. The number of nitrogen functional groups attached to an aromatic ring is 1. The summed E-state index contributed by atoms with van der Waals surface area (Å²) in [5.74, 6) is -0.0727. The Kier molecular flexibility index (Phi) is 3.39. The first-order chi connectivity index (χ1) is 9.59. The number of hydrogen-bond acceptors (Lipinski definition) is 5. The van der Waals surface area contributed by atoms with Gasteiger partial charge in [0.25, 0.3) is 11.6 Å². The van der Waals surface area contributed by atoms with Gasteiger partial charge in [0, 0.05) is 12.6 Å². The smallest absolute Gasteiger partial charge is 0.288 e. The second kappa shape index (κ2) is 4.68. The number of carbonyl (C=O) groups is 1. The van der Waals surface area contributed by atoms with Crippen molar-refractivity contribution in [1.29, 1.82) is 0 Å². The third-order valence-electron chi connectivity index (χ3n) is 5.15. The van der Waals surface area contributed by atoms with E-state index in [4.69, 9.17) is 5.73 Å². The highest BCUT2D eigenvalue weighted by atomic mass is 16.6. The van der Waals surface area contributed by atoms with Crippen LogP contribution in [0.5, 0.6) is 0 Å². The van der Waals surface area contributed by atoms with Crippen LogP contribution in [0.1, 0.15) is 38.1 Å². The molecule has 1 aromatic heterocycles. The van der Waals surface area contributed by atoms with Crippen molar-refractivity contribution in [2.45, 2.75) is 27.7 Å². The fraction of sp³-hybridized carbons (Fsp3) is 0.571. The van der Waals surface area contributed by atoms with Gasteiger partial charge in [-0.05, 0) is 16.7 Å². The maximum Gasteiger partial charge on any atom is 0.288 e. The predicted octanol–water partition coefficient (Wildman–Crippen LogP) is 1.98. The first-order valence-corrected chi connectivity index (χ1v) is 6.77.